The molecule has 43 heavy (non-hydrogen) atoms. The van der Waals surface area contributed by atoms with Gasteiger partial charge in [-0.15, -0.1) is 0 Å². The van der Waals surface area contributed by atoms with Crippen LogP contribution in [0.2, 0.25) is 0 Å². The second-order valence-corrected chi connectivity index (χ2v) is 15.2. The van der Waals surface area contributed by atoms with Crippen LogP contribution in [-0.2, 0) is 18.9 Å². The summed E-state index contributed by atoms with van der Waals surface area (Å²) in [5.41, 5.74) is 24.1. The van der Waals surface area contributed by atoms with Gasteiger partial charge in [0.2, 0.25) is 0 Å². The minimum Gasteiger partial charge on any atom is -0.380 e. The highest BCUT2D eigenvalue weighted by molar-refractivity contribution is 5.00. The van der Waals surface area contributed by atoms with Gasteiger partial charge in [-0.2, -0.15) is 0 Å². The van der Waals surface area contributed by atoms with E-state index in [-0.39, 0.29) is 24.2 Å². The molecule has 8 heteroatoms. The Morgan fingerprint density at radius 2 is 0.791 bits per heavy atom. The molecule has 0 aromatic carbocycles. The Morgan fingerprint density at radius 3 is 1.07 bits per heavy atom. The zero-order valence-corrected chi connectivity index (χ0v) is 28.6. The maximum Gasteiger partial charge on any atom is 0.0614 e. The van der Waals surface area contributed by atoms with Gasteiger partial charge >= 0.3 is 0 Å². The largest absolute Gasteiger partial charge is 0.380 e. The lowest BCUT2D eigenvalue weighted by atomic mass is 9.72. The normalized spacial score (nSPS) is 37.5. The van der Waals surface area contributed by atoms with Crippen molar-refractivity contribution in [3.05, 3.63) is 0 Å². The van der Waals surface area contributed by atoms with Crippen molar-refractivity contribution in [2.75, 3.05) is 52.9 Å². The number of hydrogen-bond acceptors (Lipinski definition) is 8. The number of ether oxygens (including phenoxy) is 4. The topological polar surface area (TPSA) is 141 Å². The van der Waals surface area contributed by atoms with Crippen LogP contribution in [0.15, 0.2) is 0 Å². The molecule has 254 valence electrons. The molecule has 3 rings (SSSR count). The average molecular weight is 611 g/mol. The summed E-state index contributed by atoms with van der Waals surface area (Å²) in [6, 6.07) is 0.299. The molecule has 3 aliphatic carbocycles. The van der Waals surface area contributed by atoms with Crippen LogP contribution in [0.4, 0.5) is 0 Å². The fraction of sp³-hybridized carbons (Fsp3) is 1.00. The Morgan fingerprint density at radius 1 is 0.488 bits per heavy atom. The first-order valence-corrected chi connectivity index (χ1v) is 17.9. The average Bonchev–Trinajstić information content (AvgIpc) is 3.63. The number of nitrogens with two attached hydrogens (primary N) is 4. The summed E-state index contributed by atoms with van der Waals surface area (Å²) < 4.78 is 24.7. The highest BCUT2D eigenvalue weighted by atomic mass is 16.5. The van der Waals surface area contributed by atoms with Crippen molar-refractivity contribution in [1.82, 2.24) is 0 Å². The van der Waals surface area contributed by atoms with Crippen molar-refractivity contribution in [3.8, 4) is 0 Å². The minimum atomic E-state index is 0.0719. The standard InChI is InChI=1S/C35H70N4O4/c1-7-32-28(18-40-14-22(3)36)12-30(20-42-16-24(5)38)34(32)26-9-10-27(11-26)35-31(21-43-17-25(6)39)13-29(33(35)8-2)19-41-15-23(4)37/h22-35H,7-21,36-39H2,1-6H3/t22?,23?,24?,25?,26?,27?,28-,29+,30+,31-,32+,33-,34?,35?. The van der Waals surface area contributed by atoms with Crippen LogP contribution in [0.5, 0.6) is 0 Å². The van der Waals surface area contributed by atoms with Crippen LogP contribution in [-0.4, -0.2) is 77.0 Å². The van der Waals surface area contributed by atoms with Gasteiger partial charge in [-0.25, -0.2) is 0 Å². The molecule has 0 radical (unpaired) electrons. The molecule has 14 atom stereocenters. The zero-order chi connectivity index (χ0) is 31.5. The van der Waals surface area contributed by atoms with Crippen molar-refractivity contribution >= 4 is 0 Å². The lowest BCUT2D eigenvalue weighted by Crippen LogP contribution is -2.31. The van der Waals surface area contributed by atoms with Crippen LogP contribution in [0.25, 0.3) is 0 Å². The lowest BCUT2D eigenvalue weighted by Gasteiger charge is -2.34. The van der Waals surface area contributed by atoms with Crippen LogP contribution in [0.1, 0.15) is 86.5 Å². The summed E-state index contributed by atoms with van der Waals surface area (Å²) in [6.45, 7) is 18.7. The van der Waals surface area contributed by atoms with Crippen LogP contribution in [0.3, 0.4) is 0 Å². The van der Waals surface area contributed by atoms with Crippen LogP contribution < -0.4 is 22.9 Å². The van der Waals surface area contributed by atoms with Crippen molar-refractivity contribution in [1.29, 1.82) is 0 Å². The molecule has 0 aromatic heterocycles. The highest BCUT2D eigenvalue weighted by Crippen LogP contribution is 2.57. The minimum absolute atomic E-state index is 0.0719. The van der Waals surface area contributed by atoms with Gasteiger partial charge in [0.05, 0.1) is 26.4 Å². The summed E-state index contributed by atoms with van der Waals surface area (Å²) in [5.74, 6) is 6.53. The predicted octanol–water partition coefficient (Wildman–Crippen LogP) is 4.41. The van der Waals surface area contributed by atoms with Gasteiger partial charge in [0.1, 0.15) is 0 Å². The zero-order valence-electron chi connectivity index (χ0n) is 28.6. The van der Waals surface area contributed by atoms with E-state index in [0.29, 0.717) is 73.8 Å². The Hall–Kier alpha value is -0.320. The van der Waals surface area contributed by atoms with Crippen LogP contribution >= 0.6 is 0 Å². The van der Waals surface area contributed by atoms with Gasteiger partial charge in [-0.05, 0) is 119 Å². The summed E-state index contributed by atoms with van der Waals surface area (Å²) in [6.07, 6.45) is 8.78. The molecule has 0 saturated heterocycles. The maximum atomic E-state index is 6.23. The molecule has 3 fully saturated rings. The van der Waals surface area contributed by atoms with Gasteiger partial charge in [-0.1, -0.05) is 26.7 Å². The molecule has 8 nitrogen and oxygen atoms in total. The Kier molecular flexibility index (Phi) is 16.2. The molecule has 3 saturated carbocycles. The van der Waals surface area contributed by atoms with Crippen molar-refractivity contribution < 1.29 is 18.9 Å². The third-order valence-corrected chi connectivity index (χ3v) is 10.9. The predicted molar refractivity (Wildman–Crippen MR) is 176 cm³/mol. The number of hydrogen-bond donors (Lipinski definition) is 4. The third kappa shape index (κ3) is 11.2. The van der Waals surface area contributed by atoms with E-state index in [2.05, 4.69) is 13.8 Å². The molecule has 3 aliphatic rings. The second-order valence-electron chi connectivity index (χ2n) is 15.2. The second kappa shape index (κ2) is 18.7. The van der Waals surface area contributed by atoms with Gasteiger partial charge in [0, 0.05) is 50.6 Å². The lowest BCUT2D eigenvalue weighted by molar-refractivity contribution is 0.0458. The molecule has 0 aliphatic heterocycles. The van der Waals surface area contributed by atoms with Gasteiger partial charge < -0.3 is 41.9 Å². The maximum absolute atomic E-state index is 6.23. The first-order chi connectivity index (χ1) is 20.5. The van der Waals surface area contributed by atoms with Gasteiger partial charge in [0.15, 0.2) is 0 Å². The monoisotopic (exact) mass is 611 g/mol. The van der Waals surface area contributed by atoms with Gasteiger partial charge in [0.25, 0.3) is 0 Å². The van der Waals surface area contributed by atoms with Crippen LogP contribution in [0, 0.1) is 59.2 Å². The molecule has 0 amide bonds. The SMILES string of the molecule is CC[C@@H]1C(C2CCC(C3[C@@H](COCC(C)N)C[C@@H](COCC(C)N)[C@H]3CC)C2)[C@H](COCC(C)N)C[C@@H]1COCC(C)N. The fourth-order valence-corrected chi connectivity index (χ4v) is 9.56. The van der Waals surface area contributed by atoms with E-state index >= 15 is 0 Å². The quantitative estimate of drug-likeness (QED) is 0.159. The summed E-state index contributed by atoms with van der Waals surface area (Å²) in [4.78, 5) is 0. The Bertz CT molecular complexity index is 693. The summed E-state index contributed by atoms with van der Waals surface area (Å²) in [7, 11) is 0. The Labute approximate surface area is 264 Å². The first-order valence-electron chi connectivity index (χ1n) is 17.9. The van der Waals surface area contributed by atoms with E-state index in [1.807, 2.05) is 27.7 Å². The van der Waals surface area contributed by atoms with Crippen molar-refractivity contribution in [2.24, 2.45) is 82.1 Å². The third-order valence-electron chi connectivity index (χ3n) is 10.9. The molecular formula is C35H70N4O4. The fourth-order valence-electron chi connectivity index (χ4n) is 9.56. The smallest absolute Gasteiger partial charge is 0.0614 e. The molecule has 0 aromatic rings. The van der Waals surface area contributed by atoms with E-state index in [1.165, 1.54) is 44.9 Å². The molecule has 0 heterocycles. The molecule has 0 bridgehead atoms. The highest BCUT2D eigenvalue weighted by Gasteiger charge is 2.51. The summed E-state index contributed by atoms with van der Waals surface area (Å²) in [5, 5.41) is 0. The van der Waals surface area contributed by atoms with E-state index < -0.39 is 0 Å². The van der Waals surface area contributed by atoms with Crippen molar-refractivity contribution in [2.45, 2.75) is 111 Å². The van der Waals surface area contributed by atoms with E-state index in [4.69, 9.17) is 41.9 Å². The number of rotatable bonds is 20. The van der Waals surface area contributed by atoms with E-state index in [9.17, 15) is 0 Å². The molecule has 8 unspecified atom stereocenters. The van der Waals surface area contributed by atoms with E-state index in [0.717, 1.165) is 38.3 Å². The summed E-state index contributed by atoms with van der Waals surface area (Å²) >= 11 is 0. The molecular weight excluding hydrogens is 540 g/mol. The van der Waals surface area contributed by atoms with E-state index in [1.54, 1.807) is 0 Å². The molecule has 0 spiro atoms. The first kappa shape index (κ1) is 37.1. The Balaban J connectivity index is 1.75. The van der Waals surface area contributed by atoms with Crippen molar-refractivity contribution in [3.63, 3.8) is 0 Å². The molecule has 8 N–H and O–H groups in total. The van der Waals surface area contributed by atoms with Gasteiger partial charge in [-0.3, -0.25) is 0 Å².